The fourth-order valence-electron chi connectivity index (χ4n) is 1.41. The second kappa shape index (κ2) is 5.96. The molecule has 0 unspecified atom stereocenters. The van der Waals surface area contributed by atoms with Gasteiger partial charge in [0.05, 0.1) is 10.5 Å². The van der Waals surface area contributed by atoms with E-state index in [2.05, 4.69) is 0 Å². The van der Waals surface area contributed by atoms with Gasteiger partial charge < -0.3 is 4.90 Å². The zero-order valence-electron chi connectivity index (χ0n) is 10.8. The lowest BCUT2D eigenvalue weighted by Crippen LogP contribution is -2.33. The molecule has 1 aromatic rings. The smallest absolute Gasteiger partial charge is 0.244 e. The third kappa shape index (κ3) is 3.29. The first-order valence-electron chi connectivity index (χ1n) is 5.50. The lowest BCUT2D eigenvalue weighted by atomic mass is 10.2. The fourth-order valence-corrected chi connectivity index (χ4v) is 2.71. The molecule has 0 saturated carbocycles. The Morgan fingerprint density at radius 1 is 1.17 bits per heavy atom. The first kappa shape index (κ1) is 14.6. The zero-order valence-corrected chi connectivity index (χ0v) is 11.6. The van der Waals surface area contributed by atoms with E-state index in [9.17, 15) is 8.42 Å². The molecule has 0 atom stereocenters. The summed E-state index contributed by atoms with van der Waals surface area (Å²) < 4.78 is 25.8. The molecule has 0 fully saturated rings. The Morgan fingerprint density at radius 2 is 1.78 bits per heavy atom. The largest absolute Gasteiger partial charge is 0.308 e. The van der Waals surface area contributed by atoms with Crippen LogP contribution in [-0.4, -0.2) is 51.9 Å². The molecule has 98 valence electrons. The van der Waals surface area contributed by atoms with E-state index in [0.717, 1.165) is 0 Å². The van der Waals surface area contributed by atoms with Gasteiger partial charge in [-0.2, -0.15) is 9.57 Å². The average Bonchev–Trinajstić information content (AvgIpc) is 2.35. The van der Waals surface area contributed by atoms with Crippen molar-refractivity contribution in [1.29, 1.82) is 5.26 Å². The van der Waals surface area contributed by atoms with Gasteiger partial charge in [-0.3, -0.25) is 0 Å². The monoisotopic (exact) mass is 267 g/mol. The van der Waals surface area contributed by atoms with E-state index in [-0.39, 0.29) is 10.5 Å². The maximum absolute atomic E-state index is 12.3. The lowest BCUT2D eigenvalue weighted by Gasteiger charge is -2.19. The fraction of sp³-hybridized carbons (Fsp3) is 0.417. The maximum atomic E-state index is 12.3. The van der Waals surface area contributed by atoms with Crippen LogP contribution < -0.4 is 0 Å². The Hall–Kier alpha value is -1.42. The number of rotatable bonds is 5. The molecule has 0 aliphatic rings. The third-order valence-corrected chi connectivity index (χ3v) is 4.47. The summed E-state index contributed by atoms with van der Waals surface area (Å²) in [6.45, 7) is 1.01. The molecule has 0 heterocycles. The Kier molecular flexibility index (Phi) is 4.84. The predicted molar refractivity (Wildman–Crippen MR) is 69.5 cm³/mol. The molecular formula is C12H17N3O2S. The highest BCUT2D eigenvalue weighted by Gasteiger charge is 2.23. The van der Waals surface area contributed by atoms with Crippen molar-refractivity contribution in [3.8, 4) is 6.07 Å². The molecule has 6 heteroatoms. The van der Waals surface area contributed by atoms with E-state index in [1.807, 2.05) is 25.1 Å². The molecule has 0 N–H and O–H groups in total. The van der Waals surface area contributed by atoms with Crippen molar-refractivity contribution >= 4 is 10.0 Å². The first-order valence-corrected chi connectivity index (χ1v) is 6.94. The van der Waals surface area contributed by atoms with E-state index in [1.54, 1.807) is 12.1 Å². The van der Waals surface area contributed by atoms with E-state index in [4.69, 9.17) is 5.26 Å². The summed E-state index contributed by atoms with van der Waals surface area (Å²) in [6.07, 6.45) is 0. The van der Waals surface area contributed by atoms with E-state index >= 15 is 0 Å². The molecule has 0 bridgehead atoms. The highest BCUT2D eigenvalue weighted by Crippen LogP contribution is 2.18. The highest BCUT2D eigenvalue weighted by molar-refractivity contribution is 7.89. The topological polar surface area (TPSA) is 64.4 Å². The minimum atomic E-state index is -3.59. The van der Waals surface area contributed by atoms with Crippen LogP contribution in [0.4, 0.5) is 0 Å². The molecule has 5 nitrogen and oxygen atoms in total. The Morgan fingerprint density at radius 3 is 2.33 bits per heavy atom. The number of sulfonamides is 1. The summed E-state index contributed by atoms with van der Waals surface area (Å²) in [5.74, 6) is 0. The normalized spacial score (nSPS) is 11.8. The van der Waals surface area contributed by atoms with Crippen LogP contribution in [0.1, 0.15) is 5.56 Å². The van der Waals surface area contributed by atoms with Crippen molar-refractivity contribution in [2.24, 2.45) is 0 Å². The molecule has 0 spiro atoms. The van der Waals surface area contributed by atoms with Gasteiger partial charge in [0.2, 0.25) is 10.0 Å². The Bertz CT molecular complexity index is 547. The number of nitriles is 1. The first-order chi connectivity index (χ1) is 8.39. The van der Waals surface area contributed by atoms with Crippen molar-refractivity contribution < 1.29 is 8.42 Å². The molecule has 0 saturated heterocycles. The number of hydrogen-bond donors (Lipinski definition) is 0. The van der Waals surface area contributed by atoms with Crippen LogP contribution in [-0.2, 0) is 10.0 Å². The summed E-state index contributed by atoms with van der Waals surface area (Å²) in [6, 6.07) is 8.14. The molecule has 0 aliphatic carbocycles. The van der Waals surface area contributed by atoms with E-state index in [1.165, 1.54) is 23.5 Å². The van der Waals surface area contributed by atoms with Crippen molar-refractivity contribution in [3.05, 3.63) is 29.8 Å². The second-order valence-corrected chi connectivity index (χ2v) is 6.25. The lowest BCUT2D eigenvalue weighted by molar-refractivity contribution is 0.358. The number of likely N-dealkylation sites (N-methyl/N-ethyl adjacent to an activating group) is 2. The summed E-state index contributed by atoms with van der Waals surface area (Å²) in [7, 11) is 1.68. The molecule has 1 aromatic carbocycles. The van der Waals surface area contributed by atoms with Gasteiger partial charge in [0, 0.05) is 20.1 Å². The number of nitrogens with zero attached hydrogens (tertiary/aromatic N) is 3. The third-order valence-electron chi connectivity index (χ3n) is 2.56. The summed E-state index contributed by atoms with van der Waals surface area (Å²) in [4.78, 5) is 1.97. The van der Waals surface area contributed by atoms with Crippen molar-refractivity contribution in [2.75, 3.05) is 34.2 Å². The van der Waals surface area contributed by atoms with Crippen molar-refractivity contribution in [1.82, 2.24) is 9.21 Å². The van der Waals surface area contributed by atoms with Gasteiger partial charge >= 0.3 is 0 Å². The van der Waals surface area contributed by atoms with Crippen LogP contribution in [0.2, 0.25) is 0 Å². The predicted octanol–water partition coefficient (Wildman–Crippen LogP) is 0.740. The standard InChI is InChI=1S/C12H17N3O2S/c1-14(2)8-9-15(3)18(16,17)12-7-5-4-6-11(12)10-13/h4-7H,8-9H2,1-3H3. The molecule has 0 aromatic heterocycles. The average molecular weight is 267 g/mol. The molecule has 1 rings (SSSR count). The Balaban J connectivity index is 3.03. The van der Waals surface area contributed by atoms with Gasteiger partial charge in [-0.25, -0.2) is 8.42 Å². The van der Waals surface area contributed by atoms with Gasteiger partial charge in [0.25, 0.3) is 0 Å². The van der Waals surface area contributed by atoms with Crippen LogP contribution in [0.15, 0.2) is 29.2 Å². The van der Waals surface area contributed by atoms with E-state index in [0.29, 0.717) is 13.1 Å². The van der Waals surface area contributed by atoms with Crippen molar-refractivity contribution in [3.63, 3.8) is 0 Å². The van der Waals surface area contributed by atoms with Crippen molar-refractivity contribution in [2.45, 2.75) is 4.90 Å². The SMILES string of the molecule is CN(C)CCN(C)S(=O)(=O)c1ccccc1C#N. The van der Waals surface area contributed by atoms with Gasteiger partial charge in [-0.1, -0.05) is 12.1 Å². The molecule has 0 radical (unpaired) electrons. The molecule has 0 amide bonds. The van der Waals surface area contributed by atoms with Gasteiger partial charge in [-0.05, 0) is 26.2 Å². The minimum Gasteiger partial charge on any atom is -0.308 e. The highest BCUT2D eigenvalue weighted by atomic mass is 32.2. The van der Waals surface area contributed by atoms with Crippen LogP contribution in [0.25, 0.3) is 0 Å². The second-order valence-electron chi connectivity index (χ2n) is 4.24. The van der Waals surface area contributed by atoms with E-state index < -0.39 is 10.0 Å². The summed E-state index contributed by atoms with van der Waals surface area (Å²) >= 11 is 0. The number of benzene rings is 1. The van der Waals surface area contributed by atoms with Crippen LogP contribution >= 0.6 is 0 Å². The quantitative estimate of drug-likeness (QED) is 0.789. The molecule has 0 aliphatic heterocycles. The van der Waals surface area contributed by atoms with Crippen LogP contribution in [0.5, 0.6) is 0 Å². The molecular weight excluding hydrogens is 250 g/mol. The molecule has 18 heavy (non-hydrogen) atoms. The summed E-state index contributed by atoms with van der Waals surface area (Å²) in [5, 5.41) is 8.94. The van der Waals surface area contributed by atoms with Gasteiger partial charge in [0.1, 0.15) is 6.07 Å². The zero-order chi connectivity index (χ0) is 13.8. The van der Waals surface area contributed by atoms with Crippen LogP contribution in [0, 0.1) is 11.3 Å². The van der Waals surface area contributed by atoms with Gasteiger partial charge in [0.15, 0.2) is 0 Å². The summed E-state index contributed by atoms with van der Waals surface area (Å²) in [5.41, 5.74) is 0.175. The maximum Gasteiger partial charge on any atom is 0.244 e. The van der Waals surface area contributed by atoms with Gasteiger partial charge in [-0.15, -0.1) is 0 Å². The minimum absolute atomic E-state index is 0.0637. The van der Waals surface area contributed by atoms with Crippen LogP contribution in [0.3, 0.4) is 0 Å². The Labute approximate surface area is 108 Å². The number of hydrogen-bond acceptors (Lipinski definition) is 4.